The normalized spacial score (nSPS) is 22.2. The largest absolute Gasteiger partial charge is 0.497 e. The minimum atomic E-state index is -0.396. The Balaban J connectivity index is 1.84. The highest BCUT2D eigenvalue weighted by molar-refractivity contribution is 5.29. The summed E-state index contributed by atoms with van der Waals surface area (Å²) in [7, 11) is 1.65. The Morgan fingerprint density at radius 2 is 2.32 bits per heavy atom. The van der Waals surface area contributed by atoms with Gasteiger partial charge in [0.05, 0.1) is 13.2 Å². The van der Waals surface area contributed by atoms with Gasteiger partial charge in [0.25, 0.3) is 0 Å². The fraction of sp³-hybridized carbons (Fsp3) is 0.625. The predicted molar refractivity (Wildman–Crippen MR) is 77.4 cm³/mol. The second-order valence-corrected chi connectivity index (χ2v) is 5.63. The van der Waals surface area contributed by atoms with Crippen LogP contribution in [0.2, 0.25) is 0 Å². The van der Waals surface area contributed by atoms with Crippen LogP contribution in [0.5, 0.6) is 5.75 Å². The summed E-state index contributed by atoms with van der Waals surface area (Å²) < 4.78 is 5.19. The molecule has 0 saturated carbocycles. The Hall–Kier alpha value is -1.06. The standard InChI is InChI=1S/C16H25NO2/c1-13-5-4-9-17(12-13)10-8-16(18)14-6-3-7-15(11-14)19-2/h3,6-7,11,13,16,18H,4-5,8-10,12H2,1-2H3. The molecule has 2 atom stereocenters. The number of ether oxygens (including phenoxy) is 1. The number of rotatable bonds is 5. The fourth-order valence-corrected chi connectivity index (χ4v) is 2.81. The molecule has 0 aliphatic carbocycles. The molecule has 0 amide bonds. The van der Waals surface area contributed by atoms with Gasteiger partial charge >= 0.3 is 0 Å². The quantitative estimate of drug-likeness (QED) is 0.886. The lowest BCUT2D eigenvalue weighted by atomic mass is 9.99. The topological polar surface area (TPSA) is 32.7 Å². The monoisotopic (exact) mass is 263 g/mol. The van der Waals surface area contributed by atoms with Crippen LogP contribution in [-0.2, 0) is 0 Å². The maximum Gasteiger partial charge on any atom is 0.119 e. The Morgan fingerprint density at radius 1 is 1.47 bits per heavy atom. The number of hydrogen-bond acceptors (Lipinski definition) is 3. The number of methoxy groups -OCH3 is 1. The van der Waals surface area contributed by atoms with Crippen molar-refractivity contribution < 1.29 is 9.84 Å². The van der Waals surface area contributed by atoms with E-state index in [0.29, 0.717) is 0 Å². The van der Waals surface area contributed by atoms with E-state index in [1.165, 1.54) is 25.9 Å². The van der Waals surface area contributed by atoms with Crippen LogP contribution in [0.15, 0.2) is 24.3 Å². The van der Waals surface area contributed by atoms with Crippen LogP contribution in [0.25, 0.3) is 0 Å². The van der Waals surface area contributed by atoms with Gasteiger partial charge in [-0.3, -0.25) is 0 Å². The Kier molecular flexibility index (Phi) is 5.23. The third-order valence-electron chi connectivity index (χ3n) is 3.94. The number of aliphatic hydroxyl groups excluding tert-OH is 1. The molecule has 0 bridgehead atoms. The Labute approximate surface area is 116 Å². The molecule has 0 spiro atoms. The summed E-state index contributed by atoms with van der Waals surface area (Å²) in [4.78, 5) is 2.47. The number of nitrogens with zero attached hydrogens (tertiary/aromatic N) is 1. The van der Waals surface area contributed by atoms with Crippen LogP contribution in [0.3, 0.4) is 0 Å². The zero-order valence-corrected chi connectivity index (χ0v) is 12.0. The Morgan fingerprint density at radius 3 is 3.05 bits per heavy atom. The highest BCUT2D eigenvalue weighted by atomic mass is 16.5. The molecule has 3 heteroatoms. The minimum absolute atomic E-state index is 0.396. The second-order valence-electron chi connectivity index (χ2n) is 5.63. The number of piperidine rings is 1. The molecule has 1 fully saturated rings. The van der Waals surface area contributed by atoms with E-state index in [1.807, 2.05) is 24.3 Å². The fourth-order valence-electron chi connectivity index (χ4n) is 2.81. The van der Waals surface area contributed by atoms with E-state index in [-0.39, 0.29) is 0 Å². The number of aliphatic hydroxyl groups is 1. The van der Waals surface area contributed by atoms with Gasteiger partial charge in [-0.1, -0.05) is 19.1 Å². The van der Waals surface area contributed by atoms with Gasteiger partial charge in [-0.15, -0.1) is 0 Å². The molecule has 1 heterocycles. The van der Waals surface area contributed by atoms with Gasteiger partial charge in [0, 0.05) is 13.1 Å². The van der Waals surface area contributed by atoms with Crippen LogP contribution >= 0.6 is 0 Å². The summed E-state index contributed by atoms with van der Waals surface area (Å²) in [5.41, 5.74) is 0.949. The van der Waals surface area contributed by atoms with Crippen molar-refractivity contribution in [3.63, 3.8) is 0 Å². The molecular weight excluding hydrogens is 238 g/mol. The van der Waals surface area contributed by atoms with Crippen molar-refractivity contribution in [3.05, 3.63) is 29.8 Å². The first-order valence-corrected chi connectivity index (χ1v) is 7.23. The molecule has 0 radical (unpaired) electrons. The Bertz CT molecular complexity index is 394. The first-order valence-electron chi connectivity index (χ1n) is 7.23. The highest BCUT2D eigenvalue weighted by Gasteiger charge is 2.17. The van der Waals surface area contributed by atoms with Gasteiger partial charge < -0.3 is 14.7 Å². The number of likely N-dealkylation sites (tertiary alicyclic amines) is 1. The maximum absolute atomic E-state index is 10.3. The minimum Gasteiger partial charge on any atom is -0.497 e. The van der Waals surface area contributed by atoms with E-state index >= 15 is 0 Å². The molecule has 106 valence electrons. The zero-order valence-electron chi connectivity index (χ0n) is 12.0. The van der Waals surface area contributed by atoms with Gasteiger partial charge in [0.15, 0.2) is 0 Å². The summed E-state index contributed by atoms with van der Waals surface area (Å²) in [5.74, 6) is 1.60. The molecule has 2 rings (SSSR count). The van der Waals surface area contributed by atoms with Gasteiger partial charge in [-0.05, 0) is 49.4 Å². The summed E-state index contributed by atoms with van der Waals surface area (Å²) in [5, 5.41) is 10.3. The second kappa shape index (κ2) is 6.92. The van der Waals surface area contributed by atoms with Crippen molar-refractivity contribution >= 4 is 0 Å². The third kappa shape index (κ3) is 4.22. The molecule has 1 aromatic carbocycles. The van der Waals surface area contributed by atoms with E-state index in [2.05, 4.69) is 11.8 Å². The maximum atomic E-state index is 10.3. The number of hydrogen-bond donors (Lipinski definition) is 1. The van der Waals surface area contributed by atoms with Crippen LogP contribution in [0, 0.1) is 5.92 Å². The summed E-state index contributed by atoms with van der Waals surface area (Å²) in [6, 6.07) is 7.72. The summed E-state index contributed by atoms with van der Waals surface area (Å²) >= 11 is 0. The van der Waals surface area contributed by atoms with Crippen LogP contribution in [-0.4, -0.2) is 36.8 Å². The zero-order chi connectivity index (χ0) is 13.7. The van der Waals surface area contributed by atoms with E-state index in [1.54, 1.807) is 7.11 Å². The van der Waals surface area contributed by atoms with Gasteiger partial charge in [-0.25, -0.2) is 0 Å². The lowest BCUT2D eigenvalue weighted by molar-refractivity contribution is 0.121. The lowest BCUT2D eigenvalue weighted by Crippen LogP contribution is -2.35. The van der Waals surface area contributed by atoms with Gasteiger partial charge in [0.1, 0.15) is 5.75 Å². The first-order chi connectivity index (χ1) is 9.19. The van der Waals surface area contributed by atoms with Crippen molar-refractivity contribution in [2.24, 2.45) is 5.92 Å². The predicted octanol–water partition coefficient (Wildman–Crippen LogP) is 2.85. The summed E-state index contributed by atoms with van der Waals surface area (Å²) in [6.07, 6.45) is 3.03. The van der Waals surface area contributed by atoms with E-state index in [0.717, 1.165) is 30.2 Å². The molecule has 1 N–H and O–H groups in total. The smallest absolute Gasteiger partial charge is 0.119 e. The average Bonchev–Trinajstić information content (AvgIpc) is 2.45. The van der Waals surface area contributed by atoms with Crippen LogP contribution < -0.4 is 4.74 Å². The summed E-state index contributed by atoms with van der Waals surface area (Å²) in [6.45, 7) is 5.63. The van der Waals surface area contributed by atoms with Crippen molar-refractivity contribution in [2.75, 3.05) is 26.7 Å². The molecule has 1 aliphatic rings. The van der Waals surface area contributed by atoms with Crippen LogP contribution in [0.1, 0.15) is 37.9 Å². The third-order valence-corrected chi connectivity index (χ3v) is 3.94. The SMILES string of the molecule is COc1cccc(C(O)CCN2CCCC(C)C2)c1. The van der Waals surface area contributed by atoms with Crippen molar-refractivity contribution in [1.82, 2.24) is 4.90 Å². The first kappa shape index (κ1) is 14.4. The van der Waals surface area contributed by atoms with E-state index < -0.39 is 6.10 Å². The van der Waals surface area contributed by atoms with Gasteiger partial charge in [0.2, 0.25) is 0 Å². The van der Waals surface area contributed by atoms with Crippen molar-refractivity contribution in [1.29, 1.82) is 0 Å². The number of benzene rings is 1. The van der Waals surface area contributed by atoms with Crippen LogP contribution in [0.4, 0.5) is 0 Å². The molecule has 2 unspecified atom stereocenters. The van der Waals surface area contributed by atoms with E-state index in [9.17, 15) is 5.11 Å². The molecular formula is C16H25NO2. The average molecular weight is 263 g/mol. The molecule has 3 nitrogen and oxygen atoms in total. The van der Waals surface area contributed by atoms with Crippen molar-refractivity contribution in [3.8, 4) is 5.75 Å². The van der Waals surface area contributed by atoms with Gasteiger partial charge in [-0.2, -0.15) is 0 Å². The molecule has 19 heavy (non-hydrogen) atoms. The highest BCUT2D eigenvalue weighted by Crippen LogP contribution is 2.23. The molecule has 1 saturated heterocycles. The molecule has 1 aliphatic heterocycles. The van der Waals surface area contributed by atoms with E-state index in [4.69, 9.17) is 4.74 Å². The lowest BCUT2D eigenvalue weighted by Gasteiger charge is -2.31. The van der Waals surface area contributed by atoms with Crippen molar-refractivity contribution in [2.45, 2.75) is 32.3 Å². The molecule has 1 aromatic rings. The molecule has 0 aromatic heterocycles.